The van der Waals surface area contributed by atoms with Gasteiger partial charge in [-0.05, 0) is 61.8 Å². The second-order valence-corrected chi connectivity index (χ2v) is 11.3. The van der Waals surface area contributed by atoms with Gasteiger partial charge in [-0.3, -0.25) is 9.69 Å². The van der Waals surface area contributed by atoms with E-state index < -0.39 is 11.6 Å². The average Bonchev–Trinajstić information content (AvgIpc) is 3.38. The predicted octanol–water partition coefficient (Wildman–Crippen LogP) is 4.57. The van der Waals surface area contributed by atoms with Crippen molar-refractivity contribution in [1.29, 1.82) is 0 Å². The van der Waals surface area contributed by atoms with Gasteiger partial charge in [0.05, 0.1) is 0 Å². The summed E-state index contributed by atoms with van der Waals surface area (Å²) in [5.74, 6) is 0.651. The molecule has 0 aromatic heterocycles. The van der Waals surface area contributed by atoms with Crippen LogP contribution in [0.3, 0.4) is 0 Å². The lowest BCUT2D eigenvalue weighted by molar-refractivity contribution is -0.150. The molecule has 200 valence electrons. The number of carbonyl (C=O) groups is 1. The normalized spacial score (nSPS) is 21.1. The number of β-amino-alcohol motifs (C(OH)–C–C–N with tert-alkyl or cyclic N) is 1. The number of nitrogens with zero attached hydrogens (tertiary/aromatic N) is 2. The Balaban J connectivity index is 1.35. The van der Waals surface area contributed by atoms with Crippen LogP contribution < -0.4 is 5.32 Å². The second kappa shape index (κ2) is 12.2. The first kappa shape index (κ1) is 26.6. The molecule has 2 N–H and O–H groups in total. The van der Waals surface area contributed by atoms with Crippen molar-refractivity contribution in [1.82, 2.24) is 15.1 Å². The Morgan fingerprint density at radius 2 is 1.50 bits per heavy atom. The Bertz CT molecular complexity index is 1110. The first-order valence-electron chi connectivity index (χ1n) is 14.1. The Hall–Kier alpha value is -2.99. The molecule has 2 heterocycles. The minimum atomic E-state index is -1.10. The van der Waals surface area contributed by atoms with Crippen LogP contribution in [-0.2, 0) is 24.3 Å². The van der Waals surface area contributed by atoms with Gasteiger partial charge < -0.3 is 15.3 Å². The summed E-state index contributed by atoms with van der Waals surface area (Å²) in [5, 5.41) is 15.2. The highest BCUT2D eigenvalue weighted by Crippen LogP contribution is 2.30. The number of rotatable bonds is 9. The molecule has 5 nitrogen and oxygen atoms in total. The summed E-state index contributed by atoms with van der Waals surface area (Å²) in [6.07, 6.45) is 3.64. The van der Waals surface area contributed by atoms with Crippen molar-refractivity contribution in [3.05, 3.63) is 107 Å². The van der Waals surface area contributed by atoms with E-state index in [1.807, 2.05) is 41.3 Å². The lowest BCUT2D eigenvalue weighted by Gasteiger charge is -2.43. The zero-order valence-electron chi connectivity index (χ0n) is 22.6. The molecule has 2 fully saturated rings. The van der Waals surface area contributed by atoms with Gasteiger partial charge in [0, 0.05) is 32.7 Å². The third-order valence-electron chi connectivity index (χ3n) is 8.30. The number of aliphatic hydroxyl groups is 1. The molecule has 2 unspecified atom stereocenters. The standard InChI is InChI=1S/C33H41N3O2/c1-26-12-14-27(15-13-26)22-28-16-20-35(21-17-28)32(37)31(33(38)18-19-34-25-33)36(23-29-8-4-2-5-9-29)24-30-10-6-3-7-11-30/h2-15,28,31,34,38H,16-25H2,1H3. The number of amides is 1. The quantitative estimate of drug-likeness (QED) is 0.442. The number of hydrogen-bond acceptors (Lipinski definition) is 4. The van der Waals surface area contributed by atoms with E-state index in [1.165, 1.54) is 11.1 Å². The Morgan fingerprint density at radius 3 is 2.03 bits per heavy atom. The van der Waals surface area contributed by atoms with Crippen LogP contribution in [0, 0.1) is 12.8 Å². The fraction of sp³-hybridized carbons (Fsp3) is 0.424. The summed E-state index contributed by atoms with van der Waals surface area (Å²) >= 11 is 0. The van der Waals surface area contributed by atoms with E-state index in [2.05, 4.69) is 65.7 Å². The molecule has 2 atom stereocenters. The summed E-state index contributed by atoms with van der Waals surface area (Å²) in [5.41, 5.74) is 3.86. The Morgan fingerprint density at radius 1 is 0.921 bits per heavy atom. The van der Waals surface area contributed by atoms with Gasteiger partial charge in [-0.25, -0.2) is 0 Å². The van der Waals surface area contributed by atoms with Crippen LogP contribution >= 0.6 is 0 Å². The molecule has 3 aromatic rings. The van der Waals surface area contributed by atoms with Gasteiger partial charge >= 0.3 is 0 Å². The fourth-order valence-electron chi connectivity index (χ4n) is 6.12. The minimum absolute atomic E-state index is 0.0665. The highest BCUT2D eigenvalue weighted by Gasteiger charge is 2.48. The largest absolute Gasteiger partial charge is 0.386 e. The van der Waals surface area contributed by atoms with Crippen LogP contribution in [0.5, 0.6) is 0 Å². The van der Waals surface area contributed by atoms with Crippen LogP contribution in [0.4, 0.5) is 0 Å². The molecule has 0 spiro atoms. The van der Waals surface area contributed by atoms with E-state index in [0.29, 0.717) is 32.0 Å². The van der Waals surface area contributed by atoms with Gasteiger partial charge in [-0.15, -0.1) is 0 Å². The van der Waals surface area contributed by atoms with E-state index in [1.54, 1.807) is 0 Å². The first-order valence-corrected chi connectivity index (χ1v) is 14.1. The lowest BCUT2D eigenvalue weighted by Crippen LogP contribution is -2.62. The van der Waals surface area contributed by atoms with E-state index in [9.17, 15) is 9.90 Å². The second-order valence-electron chi connectivity index (χ2n) is 11.3. The van der Waals surface area contributed by atoms with Crippen molar-refractivity contribution in [2.24, 2.45) is 5.92 Å². The summed E-state index contributed by atoms with van der Waals surface area (Å²) in [7, 11) is 0. The topological polar surface area (TPSA) is 55.8 Å². The van der Waals surface area contributed by atoms with Crippen LogP contribution in [0.2, 0.25) is 0 Å². The van der Waals surface area contributed by atoms with Crippen molar-refractivity contribution in [3.8, 4) is 0 Å². The highest BCUT2D eigenvalue weighted by molar-refractivity contribution is 5.83. The monoisotopic (exact) mass is 511 g/mol. The van der Waals surface area contributed by atoms with Gasteiger partial charge in [0.1, 0.15) is 11.6 Å². The summed E-state index contributed by atoms with van der Waals surface area (Å²) in [6.45, 7) is 6.00. The Labute approximate surface area is 227 Å². The van der Waals surface area contributed by atoms with Gasteiger partial charge in [0.25, 0.3) is 0 Å². The minimum Gasteiger partial charge on any atom is -0.386 e. The number of hydrogen-bond donors (Lipinski definition) is 2. The molecule has 3 aromatic carbocycles. The molecule has 5 rings (SSSR count). The molecule has 0 radical (unpaired) electrons. The summed E-state index contributed by atoms with van der Waals surface area (Å²) in [4.78, 5) is 18.5. The van der Waals surface area contributed by atoms with Gasteiger partial charge in [0.15, 0.2) is 0 Å². The molecule has 0 bridgehead atoms. The molecule has 1 amide bonds. The molecule has 38 heavy (non-hydrogen) atoms. The van der Waals surface area contributed by atoms with Crippen LogP contribution in [0.1, 0.15) is 41.5 Å². The van der Waals surface area contributed by atoms with E-state index in [0.717, 1.165) is 50.0 Å². The van der Waals surface area contributed by atoms with Gasteiger partial charge in [0.2, 0.25) is 5.91 Å². The van der Waals surface area contributed by atoms with Crippen molar-refractivity contribution >= 4 is 5.91 Å². The van der Waals surface area contributed by atoms with Crippen molar-refractivity contribution < 1.29 is 9.90 Å². The molecule has 0 aliphatic carbocycles. The highest BCUT2D eigenvalue weighted by atomic mass is 16.3. The maximum atomic E-state index is 14.3. The van der Waals surface area contributed by atoms with Gasteiger partial charge in [-0.2, -0.15) is 0 Å². The third kappa shape index (κ3) is 6.52. The van der Waals surface area contributed by atoms with Crippen LogP contribution in [0.15, 0.2) is 84.9 Å². The number of likely N-dealkylation sites (tertiary alicyclic amines) is 1. The average molecular weight is 512 g/mol. The SMILES string of the molecule is Cc1ccc(CC2CCN(C(=O)C(N(Cc3ccccc3)Cc3ccccc3)C3(O)CCNC3)CC2)cc1. The number of nitrogens with one attached hydrogen (secondary N) is 1. The maximum absolute atomic E-state index is 14.3. The third-order valence-corrected chi connectivity index (χ3v) is 8.30. The van der Waals surface area contributed by atoms with Gasteiger partial charge in [-0.1, -0.05) is 90.5 Å². The van der Waals surface area contributed by atoms with E-state index >= 15 is 0 Å². The zero-order valence-corrected chi connectivity index (χ0v) is 22.6. The number of benzene rings is 3. The van der Waals surface area contributed by atoms with Crippen molar-refractivity contribution in [2.75, 3.05) is 26.2 Å². The number of aryl methyl sites for hydroxylation is 1. The molecule has 2 saturated heterocycles. The van der Waals surface area contributed by atoms with Crippen molar-refractivity contribution in [2.45, 2.75) is 57.3 Å². The zero-order chi connectivity index (χ0) is 26.4. The lowest BCUT2D eigenvalue weighted by atomic mass is 9.87. The van der Waals surface area contributed by atoms with E-state index in [-0.39, 0.29) is 5.91 Å². The van der Waals surface area contributed by atoms with Crippen LogP contribution in [0.25, 0.3) is 0 Å². The van der Waals surface area contributed by atoms with Crippen LogP contribution in [-0.4, -0.2) is 58.6 Å². The molecule has 2 aliphatic heterocycles. The fourth-order valence-corrected chi connectivity index (χ4v) is 6.12. The molecule has 0 saturated carbocycles. The summed E-state index contributed by atoms with van der Waals surface area (Å²) < 4.78 is 0. The smallest absolute Gasteiger partial charge is 0.242 e. The predicted molar refractivity (Wildman–Crippen MR) is 153 cm³/mol. The number of carbonyl (C=O) groups excluding carboxylic acids is 1. The van der Waals surface area contributed by atoms with E-state index in [4.69, 9.17) is 0 Å². The first-order chi connectivity index (χ1) is 18.5. The molecule has 2 aliphatic rings. The van der Waals surface area contributed by atoms with Crippen molar-refractivity contribution in [3.63, 3.8) is 0 Å². The molecular formula is C33H41N3O2. The number of piperidine rings is 1. The summed E-state index contributed by atoms with van der Waals surface area (Å²) in [6, 6.07) is 28.8. The Kier molecular flexibility index (Phi) is 8.58. The molecule has 5 heteroatoms. The molecular weight excluding hydrogens is 470 g/mol. The maximum Gasteiger partial charge on any atom is 0.242 e.